The first-order valence-corrected chi connectivity index (χ1v) is 9.88. The summed E-state index contributed by atoms with van der Waals surface area (Å²) in [5.74, 6) is -5.38. The van der Waals surface area contributed by atoms with Crippen LogP contribution in [0.5, 0.6) is 0 Å². The van der Waals surface area contributed by atoms with E-state index in [1.807, 2.05) is 0 Å². The molecule has 7 nitrogen and oxygen atoms in total. The van der Waals surface area contributed by atoms with Crippen LogP contribution in [-0.4, -0.2) is 63.4 Å². The van der Waals surface area contributed by atoms with Crippen LogP contribution >= 0.6 is 0 Å². The Morgan fingerprint density at radius 1 is 1.06 bits per heavy atom. The molecule has 1 aromatic heterocycles. The summed E-state index contributed by atoms with van der Waals surface area (Å²) in [7, 11) is 0. The first kappa shape index (κ1) is 26.0. The van der Waals surface area contributed by atoms with Crippen LogP contribution in [0.25, 0.3) is 0 Å². The number of likely N-dealkylation sites (tertiary alicyclic amines) is 1. The topological polar surface area (TPSA) is 92.4 Å². The van der Waals surface area contributed by atoms with Crippen LogP contribution in [0.1, 0.15) is 35.6 Å². The van der Waals surface area contributed by atoms with Crippen molar-refractivity contribution in [3.05, 3.63) is 22.8 Å². The number of alkyl halides is 9. The van der Waals surface area contributed by atoms with Crippen molar-refractivity contribution in [2.75, 3.05) is 19.6 Å². The Morgan fingerprint density at radius 3 is 2.24 bits per heavy atom. The van der Waals surface area contributed by atoms with E-state index >= 15 is 0 Å². The van der Waals surface area contributed by atoms with Crippen LogP contribution in [0.4, 0.5) is 39.5 Å². The molecule has 0 aliphatic carbocycles. The van der Waals surface area contributed by atoms with Crippen LogP contribution in [0.15, 0.2) is 0 Å². The molecule has 1 saturated heterocycles. The maximum atomic E-state index is 13.2. The van der Waals surface area contributed by atoms with Gasteiger partial charge in [-0.15, -0.1) is 0 Å². The standard InChI is InChI=1S/C18H18F9N5O2/c19-16(20,21)8-3-12(33)32(5-8)6-9(28)4-13(34)31-2-1-10-11(7-31)29-15(18(25,26)27)30-14(10)17(22,23)24/h8-9H,1-7,28H2/t8?,9-/m1/s1. The molecular formula is C18H18F9N5O2. The van der Waals surface area contributed by atoms with Crippen molar-refractivity contribution < 1.29 is 49.1 Å². The number of hydrogen-bond acceptors (Lipinski definition) is 5. The summed E-state index contributed by atoms with van der Waals surface area (Å²) in [4.78, 5) is 32.0. The molecule has 16 heteroatoms. The third-order valence-electron chi connectivity index (χ3n) is 5.51. The van der Waals surface area contributed by atoms with Crippen molar-refractivity contribution in [2.45, 2.75) is 50.4 Å². The Bertz CT molecular complexity index is 961. The number of nitrogens with zero attached hydrogens (tertiary/aromatic N) is 4. The number of carbonyl (C=O) groups excluding carboxylic acids is 2. The zero-order valence-corrected chi connectivity index (χ0v) is 17.2. The van der Waals surface area contributed by atoms with E-state index in [-0.39, 0.29) is 13.1 Å². The first-order chi connectivity index (χ1) is 15.5. The van der Waals surface area contributed by atoms with Gasteiger partial charge in [0.05, 0.1) is 18.2 Å². The maximum absolute atomic E-state index is 13.2. The van der Waals surface area contributed by atoms with E-state index in [0.29, 0.717) is 0 Å². The second-order valence-electron chi connectivity index (χ2n) is 8.09. The summed E-state index contributed by atoms with van der Waals surface area (Å²) < 4.78 is 117. The quantitative estimate of drug-likeness (QED) is 0.633. The number of aromatic nitrogens is 2. The van der Waals surface area contributed by atoms with Gasteiger partial charge in [0.1, 0.15) is 0 Å². The summed E-state index contributed by atoms with van der Waals surface area (Å²) in [5.41, 5.74) is 2.91. The lowest BCUT2D eigenvalue weighted by molar-refractivity contribution is -0.171. The minimum atomic E-state index is -5.25. The fourth-order valence-corrected chi connectivity index (χ4v) is 3.87. The highest BCUT2D eigenvalue weighted by molar-refractivity contribution is 5.79. The van der Waals surface area contributed by atoms with E-state index < -0.39 is 97.4 Å². The van der Waals surface area contributed by atoms with Gasteiger partial charge in [-0.25, -0.2) is 9.97 Å². The SMILES string of the molecule is N[C@H](CC(=O)N1CCc2c(nc(C(F)(F)F)nc2C(F)(F)F)C1)CN1CC(C(F)(F)F)CC1=O. The monoisotopic (exact) mass is 507 g/mol. The third kappa shape index (κ3) is 5.70. The smallest absolute Gasteiger partial charge is 0.340 e. The predicted molar refractivity (Wildman–Crippen MR) is 94.5 cm³/mol. The lowest BCUT2D eigenvalue weighted by atomic mass is 10.0. The summed E-state index contributed by atoms with van der Waals surface area (Å²) in [5, 5.41) is 0. The predicted octanol–water partition coefficient (Wildman–Crippen LogP) is 2.53. The molecule has 190 valence electrons. The van der Waals surface area contributed by atoms with Gasteiger partial charge in [0.15, 0.2) is 5.69 Å². The summed E-state index contributed by atoms with van der Waals surface area (Å²) >= 11 is 0. The molecule has 3 heterocycles. The fourth-order valence-electron chi connectivity index (χ4n) is 3.87. The van der Waals surface area contributed by atoms with E-state index in [2.05, 4.69) is 9.97 Å². The molecule has 0 radical (unpaired) electrons. The van der Waals surface area contributed by atoms with E-state index in [0.717, 1.165) is 9.80 Å². The molecule has 34 heavy (non-hydrogen) atoms. The number of nitrogens with two attached hydrogens (primary N) is 1. The number of carbonyl (C=O) groups is 2. The lowest BCUT2D eigenvalue weighted by Gasteiger charge is -2.31. The highest BCUT2D eigenvalue weighted by Gasteiger charge is 2.47. The average Bonchev–Trinajstić information content (AvgIpc) is 3.05. The molecule has 2 N–H and O–H groups in total. The van der Waals surface area contributed by atoms with Gasteiger partial charge in [-0.2, -0.15) is 39.5 Å². The fraction of sp³-hybridized carbons (Fsp3) is 0.667. The largest absolute Gasteiger partial charge is 0.451 e. The molecule has 1 unspecified atom stereocenters. The minimum absolute atomic E-state index is 0.283. The Balaban J connectivity index is 1.69. The van der Waals surface area contributed by atoms with E-state index in [9.17, 15) is 49.1 Å². The van der Waals surface area contributed by atoms with E-state index in [4.69, 9.17) is 5.73 Å². The van der Waals surface area contributed by atoms with Crippen LogP contribution in [0, 0.1) is 5.92 Å². The van der Waals surface area contributed by atoms with Crippen molar-refractivity contribution in [1.29, 1.82) is 0 Å². The molecule has 2 aliphatic rings. The first-order valence-electron chi connectivity index (χ1n) is 9.88. The van der Waals surface area contributed by atoms with Crippen LogP contribution in [0.2, 0.25) is 0 Å². The number of halogens is 9. The van der Waals surface area contributed by atoms with Crippen LogP contribution in [-0.2, 0) is 34.9 Å². The van der Waals surface area contributed by atoms with Crippen LogP contribution < -0.4 is 5.73 Å². The Morgan fingerprint density at radius 2 is 1.71 bits per heavy atom. The highest BCUT2D eigenvalue weighted by atomic mass is 19.4. The van der Waals surface area contributed by atoms with Crippen molar-refractivity contribution in [1.82, 2.24) is 19.8 Å². The molecule has 2 amide bonds. The van der Waals surface area contributed by atoms with E-state index in [1.165, 1.54) is 0 Å². The molecule has 0 spiro atoms. The van der Waals surface area contributed by atoms with Crippen molar-refractivity contribution >= 4 is 11.8 Å². The van der Waals surface area contributed by atoms with E-state index in [1.54, 1.807) is 0 Å². The molecule has 1 fully saturated rings. The molecule has 0 saturated carbocycles. The molecule has 0 bridgehead atoms. The zero-order valence-electron chi connectivity index (χ0n) is 17.2. The normalized spacial score (nSPS) is 20.5. The van der Waals surface area contributed by atoms with Crippen molar-refractivity contribution in [2.24, 2.45) is 11.7 Å². The van der Waals surface area contributed by atoms with Gasteiger partial charge in [0.2, 0.25) is 17.6 Å². The Kier molecular flexibility index (Phi) is 6.76. The summed E-state index contributed by atoms with van der Waals surface area (Å²) in [6.07, 6.45) is -16.7. The molecule has 1 aromatic rings. The Hall–Kier alpha value is -2.65. The van der Waals surface area contributed by atoms with Gasteiger partial charge >= 0.3 is 18.5 Å². The van der Waals surface area contributed by atoms with Gasteiger partial charge in [0.25, 0.3) is 0 Å². The van der Waals surface area contributed by atoms with Gasteiger partial charge < -0.3 is 15.5 Å². The molecule has 0 aromatic carbocycles. The third-order valence-corrected chi connectivity index (χ3v) is 5.51. The zero-order chi connectivity index (χ0) is 25.6. The molecule has 3 rings (SSSR count). The average molecular weight is 507 g/mol. The number of amides is 2. The van der Waals surface area contributed by atoms with Crippen LogP contribution in [0.3, 0.4) is 0 Å². The van der Waals surface area contributed by atoms with Crippen molar-refractivity contribution in [3.63, 3.8) is 0 Å². The maximum Gasteiger partial charge on any atom is 0.451 e. The number of rotatable bonds is 4. The molecule has 2 atom stereocenters. The number of fused-ring (bicyclic) bond motifs is 1. The summed E-state index contributed by atoms with van der Waals surface area (Å²) in [6, 6.07) is -1.09. The van der Waals surface area contributed by atoms with Gasteiger partial charge in [0, 0.05) is 44.1 Å². The van der Waals surface area contributed by atoms with Gasteiger partial charge in [-0.1, -0.05) is 0 Å². The minimum Gasteiger partial charge on any atom is -0.340 e. The second-order valence-corrected chi connectivity index (χ2v) is 8.09. The molecular weight excluding hydrogens is 489 g/mol. The molecule has 2 aliphatic heterocycles. The number of hydrogen-bond donors (Lipinski definition) is 1. The summed E-state index contributed by atoms with van der Waals surface area (Å²) in [6.45, 7) is -1.91. The van der Waals surface area contributed by atoms with Gasteiger partial charge in [-0.05, 0) is 6.42 Å². The lowest BCUT2D eigenvalue weighted by Crippen LogP contribution is -2.44. The van der Waals surface area contributed by atoms with Crippen molar-refractivity contribution in [3.8, 4) is 0 Å². The second kappa shape index (κ2) is 8.85. The highest BCUT2D eigenvalue weighted by Crippen LogP contribution is 2.37. The Labute approximate surface area is 186 Å². The van der Waals surface area contributed by atoms with Gasteiger partial charge in [-0.3, -0.25) is 9.59 Å².